The van der Waals surface area contributed by atoms with Gasteiger partial charge in [-0.2, -0.15) is 0 Å². The molecule has 0 unspecified atom stereocenters. The van der Waals surface area contributed by atoms with E-state index in [0.29, 0.717) is 17.5 Å². The van der Waals surface area contributed by atoms with Gasteiger partial charge < -0.3 is 10.1 Å². The van der Waals surface area contributed by atoms with E-state index in [0.717, 1.165) is 17.7 Å². The molecule has 1 aliphatic rings. The average Bonchev–Trinajstić information content (AvgIpc) is 3.18. The number of carbonyl (C=O) groups excluding carboxylic acids is 1. The van der Waals surface area contributed by atoms with E-state index in [-0.39, 0.29) is 17.9 Å². The van der Waals surface area contributed by atoms with Crippen LogP contribution in [0.4, 0.5) is 13.2 Å². The molecule has 1 aromatic heterocycles. The lowest BCUT2D eigenvalue weighted by atomic mass is 10.0. The number of ether oxygens (including phenoxy) is 1. The fraction of sp³-hybridized carbons (Fsp3) is 0.130. The van der Waals surface area contributed by atoms with Crippen LogP contribution < -0.4 is 10.1 Å². The molecule has 0 spiro atoms. The fourth-order valence-corrected chi connectivity index (χ4v) is 3.29. The van der Waals surface area contributed by atoms with E-state index in [1.165, 1.54) is 24.3 Å². The van der Waals surface area contributed by atoms with Gasteiger partial charge in [-0.3, -0.25) is 9.78 Å². The summed E-state index contributed by atoms with van der Waals surface area (Å²) in [4.78, 5) is 16.0. The smallest absolute Gasteiger partial charge is 0.244 e. The molecule has 1 atom stereocenters. The van der Waals surface area contributed by atoms with Crippen LogP contribution in [0, 0.1) is 17.5 Å². The number of fused-ring (bicyclic) bond motifs is 1. The van der Waals surface area contributed by atoms with Gasteiger partial charge in [0.15, 0.2) is 23.2 Å². The summed E-state index contributed by atoms with van der Waals surface area (Å²) in [6.45, 7) is 0.144. The highest BCUT2D eigenvalue weighted by Crippen LogP contribution is 2.35. The van der Waals surface area contributed by atoms with E-state index in [4.69, 9.17) is 4.74 Å². The molecule has 7 heteroatoms. The summed E-state index contributed by atoms with van der Waals surface area (Å²) in [7, 11) is 0. The molecule has 0 saturated carbocycles. The summed E-state index contributed by atoms with van der Waals surface area (Å²) in [5.74, 6) is -2.78. The van der Waals surface area contributed by atoms with E-state index >= 15 is 0 Å². The van der Waals surface area contributed by atoms with Crippen LogP contribution in [-0.4, -0.2) is 23.5 Å². The molecular weight excluding hydrogens is 393 g/mol. The van der Waals surface area contributed by atoms with Crippen molar-refractivity contribution in [2.45, 2.75) is 12.5 Å². The van der Waals surface area contributed by atoms with Crippen molar-refractivity contribution in [3.8, 4) is 16.9 Å². The summed E-state index contributed by atoms with van der Waals surface area (Å²) in [5.41, 5.74) is 2.18. The van der Waals surface area contributed by atoms with Crippen molar-refractivity contribution in [1.82, 2.24) is 10.3 Å². The Kier molecular flexibility index (Phi) is 5.52. The first-order valence-electron chi connectivity index (χ1n) is 9.30. The van der Waals surface area contributed by atoms with Crippen LogP contribution in [-0.2, 0) is 11.2 Å². The predicted molar refractivity (Wildman–Crippen MR) is 106 cm³/mol. The quantitative estimate of drug-likeness (QED) is 0.638. The summed E-state index contributed by atoms with van der Waals surface area (Å²) in [6.07, 6.45) is 5.61. The second-order valence-electron chi connectivity index (χ2n) is 6.85. The van der Waals surface area contributed by atoms with E-state index in [2.05, 4.69) is 10.3 Å². The van der Waals surface area contributed by atoms with Crippen LogP contribution in [0.2, 0.25) is 0 Å². The van der Waals surface area contributed by atoms with Crippen LogP contribution in [0.5, 0.6) is 5.75 Å². The van der Waals surface area contributed by atoms with Gasteiger partial charge in [0.05, 0.1) is 6.54 Å². The number of nitrogens with zero attached hydrogens (tertiary/aromatic N) is 1. The minimum absolute atomic E-state index is 0.0281. The minimum Gasteiger partial charge on any atom is -0.485 e. The first kappa shape index (κ1) is 19.7. The maximum absolute atomic E-state index is 14.5. The third kappa shape index (κ3) is 4.20. The van der Waals surface area contributed by atoms with Gasteiger partial charge in [-0.15, -0.1) is 0 Å². The van der Waals surface area contributed by atoms with Crippen LogP contribution in [0.25, 0.3) is 17.2 Å². The van der Waals surface area contributed by atoms with Gasteiger partial charge in [-0.1, -0.05) is 18.2 Å². The van der Waals surface area contributed by atoms with Crippen LogP contribution in [0.3, 0.4) is 0 Å². The highest BCUT2D eigenvalue weighted by atomic mass is 19.2. The number of rotatable bonds is 5. The van der Waals surface area contributed by atoms with Crippen molar-refractivity contribution in [1.29, 1.82) is 0 Å². The molecule has 4 rings (SSSR count). The number of aromatic nitrogens is 1. The SMILES string of the molecule is O=C(/C=C/c1cccc(F)c1F)NC[C@H]1Cc2cc(-c3cccnc3)cc(F)c2O1. The zero-order chi connectivity index (χ0) is 21.1. The lowest BCUT2D eigenvalue weighted by Crippen LogP contribution is -2.33. The van der Waals surface area contributed by atoms with Crippen molar-refractivity contribution in [2.75, 3.05) is 6.54 Å². The molecule has 0 fully saturated rings. The predicted octanol–water partition coefficient (Wildman–Crippen LogP) is 4.30. The normalized spacial score (nSPS) is 15.1. The number of pyridine rings is 1. The average molecular weight is 410 g/mol. The Morgan fingerprint density at radius 1 is 1.13 bits per heavy atom. The van der Waals surface area contributed by atoms with Crippen molar-refractivity contribution in [3.05, 3.63) is 89.5 Å². The summed E-state index contributed by atoms with van der Waals surface area (Å²) < 4.78 is 46.9. The van der Waals surface area contributed by atoms with Crippen molar-refractivity contribution in [3.63, 3.8) is 0 Å². The first-order chi connectivity index (χ1) is 14.5. The molecule has 2 aromatic carbocycles. The fourth-order valence-electron chi connectivity index (χ4n) is 3.29. The molecule has 3 aromatic rings. The molecule has 4 nitrogen and oxygen atoms in total. The molecule has 30 heavy (non-hydrogen) atoms. The number of benzene rings is 2. The Labute approximate surface area is 171 Å². The Morgan fingerprint density at radius 3 is 2.80 bits per heavy atom. The van der Waals surface area contributed by atoms with Gasteiger partial charge in [-0.05, 0) is 35.9 Å². The Morgan fingerprint density at radius 2 is 2.00 bits per heavy atom. The maximum atomic E-state index is 14.5. The Bertz CT molecular complexity index is 1120. The Balaban J connectivity index is 1.38. The second-order valence-corrected chi connectivity index (χ2v) is 6.85. The zero-order valence-corrected chi connectivity index (χ0v) is 15.7. The first-order valence-corrected chi connectivity index (χ1v) is 9.30. The number of hydrogen-bond donors (Lipinski definition) is 1. The molecule has 0 bridgehead atoms. The number of carbonyl (C=O) groups is 1. The van der Waals surface area contributed by atoms with Gasteiger partial charge >= 0.3 is 0 Å². The lowest BCUT2D eigenvalue weighted by molar-refractivity contribution is -0.116. The molecule has 152 valence electrons. The topological polar surface area (TPSA) is 51.2 Å². The number of amides is 1. The highest BCUT2D eigenvalue weighted by Gasteiger charge is 2.27. The Hall–Kier alpha value is -3.61. The molecule has 2 heterocycles. The summed E-state index contributed by atoms with van der Waals surface area (Å²) in [6, 6.07) is 10.6. The third-order valence-electron chi connectivity index (χ3n) is 4.75. The second kappa shape index (κ2) is 8.41. The number of halogens is 3. The zero-order valence-electron chi connectivity index (χ0n) is 15.7. The van der Waals surface area contributed by atoms with Crippen molar-refractivity contribution in [2.24, 2.45) is 0 Å². The van der Waals surface area contributed by atoms with Gasteiger partial charge in [0.1, 0.15) is 6.10 Å². The van der Waals surface area contributed by atoms with Crippen LogP contribution >= 0.6 is 0 Å². The van der Waals surface area contributed by atoms with Crippen molar-refractivity contribution >= 4 is 12.0 Å². The van der Waals surface area contributed by atoms with Gasteiger partial charge in [0.2, 0.25) is 5.91 Å². The minimum atomic E-state index is -1.02. The van der Waals surface area contributed by atoms with E-state index < -0.39 is 29.5 Å². The molecule has 1 N–H and O–H groups in total. The third-order valence-corrected chi connectivity index (χ3v) is 4.75. The van der Waals surface area contributed by atoms with E-state index in [1.807, 2.05) is 12.1 Å². The van der Waals surface area contributed by atoms with Gasteiger partial charge in [0, 0.05) is 41.6 Å². The van der Waals surface area contributed by atoms with Crippen LogP contribution in [0.15, 0.2) is 60.9 Å². The van der Waals surface area contributed by atoms with E-state index in [1.54, 1.807) is 18.5 Å². The summed E-state index contributed by atoms with van der Waals surface area (Å²) in [5, 5.41) is 2.63. The maximum Gasteiger partial charge on any atom is 0.244 e. The molecule has 1 amide bonds. The molecule has 0 saturated heterocycles. The monoisotopic (exact) mass is 410 g/mol. The molecule has 1 aliphatic heterocycles. The van der Waals surface area contributed by atoms with Gasteiger partial charge in [-0.25, -0.2) is 13.2 Å². The highest BCUT2D eigenvalue weighted by molar-refractivity contribution is 5.91. The van der Waals surface area contributed by atoms with Crippen LogP contribution in [0.1, 0.15) is 11.1 Å². The lowest BCUT2D eigenvalue weighted by Gasteiger charge is -2.11. The molecular formula is C23H17F3N2O2. The number of nitrogens with one attached hydrogen (secondary N) is 1. The largest absolute Gasteiger partial charge is 0.485 e. The molecule has 0 radical (unpaired) electrons. The van der Waals surface area contributed by atoms with E-state index in [9.17, 15) is 18.0 Å². The standard InChI is InChI=1S/C23H17F3N2O2/c24-19-5-1-3-14(22(19)26)6-7-21(29)28-13-18-10-17-9-16(11-20(25)23(17)30-18)15-4-2-8-27-12-15/h1-9,11-12,18H,10,13H2,(H,28,29)/b7-6+/t18-/m1/s1. The molecule has 0 aliphatic carbocycles. The van der Waals surface area contributed by atoms with Crippen molar-refractivity contribution < 1.29 is 22.7 Å². The number of hydrogen-bond acceptors (Lipinski definition) is 3. The van der Waals surface area contributed by atoms with Gasteiger partial charge in [0.25, 0.3) is 0 Å². The summed E-state index contributed by atoms with van der Waals surface area (Å²) >= 11 is 0.